The Labute approximate surface area is 151 Å². The maximum Gasteiger partial charge on any atom is 0.251 e. The molecule has 2 aromatic carbocycles. The second-order valence-electron chi connectivity index (χ2n) is 6.70. The van der Waals surface area contributed by atoms with E-state index in [2.05, 4.69) is 15.5 Å². The van der Waals surface area contributed by atoms with Gasteiger partial charge in [-0.25, -0.2) is 4.39 Å². The highest BCUT2D eigenvalue weighted by atomic mass is 19.1. The molecule has 134 valence electrons. The largest absolute Gasteiger partial charge is 0.358 e. The van der Waals surface area contributed by atoms with Crippen molar-refractivity contribution in [1.82, 2.24) is 5.32 Å². The number of anilines is 2. The molecule has 0 unspecified atom stereocenters. The normalized spacial score (nSPS) is 18.1. The van der Waals surface area contributed by atoms with Crippen molar-refractivity contribution in [3.05, 3.63) is 59.4 Å². The molecule has 0 saturated carbocycles. The van der Waals surface area contributed by atoms with Crippen molar-refractivity contribution in [1.29, 1.82) is 0 Å². The lowest BCUT2D eigenvalue weighted by atomic mass is 10.1. The van der Waals surface area contributed by atoms with E-state index in [1.165, 1.54) is 12.1 Å². The molecular weight excluding hydrogens is 333 g/mol. The fraction of sp³-hybridized carbons (Fsp3) is 0.300. The molecule has 4 rings (SSSR count). The highest BCUT2D eigenvalue weighted by Gasteiger charge is 2.36. The number of nitrogens with zero attached hydrogens (tertiary/aromatic N) is 1. The lowest BCUT2D eigenvalue weighted by Gasteiger charge is -2.33. The average molecular weight is 353 g/mol. The third-order valence-corrected chi connectivity index (χ3v) is 4.99. The summed E-state index contributed by atoms with van der Waals surface area (Å²) in [6.07, 6.45) is 2.50. The van der Waals surface area contributed by atoms with Crippen LogP contribution in [-0.2, 0) is 11.2 Å². The van der Waals surface area contributed by atoms with Crippen LogP contribution in [0, 0.1) is 5.82 Å². The predicted octanol–water partition coefficient (Wildman–Crippen LogP) is 2.72. The van der Waals surface area contributed by atoms with Crippen molar-refractivity contribution in [2.45, 2.75) is 25.3 Å². The summed E-state index contributed by atoms with van der Waals surface area (Å²) in [6.45, 7) is 1.33. The summed E-state index contributed by atoms with van der Waals surface area (Å²) in [4.78, 5) is 26.7. The van der Waals surface area contributed by atoms with Gasteiger partial charge in [-0.1, -0.05) is 12.1 Å². The fourth-order valence-corrected chi connectivity index (χ4v) is 3.65. The quantitative estimate of drug-likeness (QED) is 0.888. The lowest BCUT2D eigenvalue weighted by molar-refractivity contribution is -0.117. The van der Waals surface area contributed by atoms with Crippen LogP contribution in [0.3, 0.4) is 0 Å². The molecule has 2 amide bonds. The zero-order chi connectivity index (χ0) is 18.1. The van der Waals surface area contributed by atoms with Gasteiger partial charge in [0.25, 0.3) is 5.91 Å². The molecule has 0 aromatic heterocycles. The molecule has 1 atom stereocenters. The van der Waals surface area contributed by atoms with Crippen molar-refractivity contribution in [2.75, 3.05) is 23.3 Å². The summed E-state index contributed by atoms with van der Waals surface area (Å²) in [5.41, 5.74) is 3.15. The van der Waals surface area contributed by atoms with Crippen LogP contribution in [0.5, 0.6) is 0 Å². The van der Waals surface area contributed by atoms with Gasteiger partial charge >= 0.3 is 0 Å². The lowest BCUT2D eigenvalue weighted by Crippen LogP contribution is -2.44. The van der Waals surface area contributed by atoms with E-state index >= 15 is 0 Å². The third kappa shape index (κ3) is 3.14. The Bertz CT molecular complexity index is 851. The number of carbonyl (C=O) groups excluding carboxylic acids is 2. The summed E-state index contributed by atoms with van der Waals surface area (Å²) in [5, 5.41) is 5.79. The van der Waals surface area contributed by atoms with Crippen LogP contribution in [0.4, 0.5) is 15.8 Å². The zero-order valence-electron chi connectivity index (χ0n) is 14.3. The number of hydrogen-bond acceptors (Lipinski definition) is 3. The van der Waals surface area contributed by atoms with Gasteiger partial charge < -0.3 is 15.5 Å². The minimum atomic E-state index is -0.269. The Morgan fingerprint density at radius 3 is 2.85 bits per heavy atom. The Morgan fingerprint density at radius 2 is 2.04 bits per heavy atom. The maximum atomic E-state index is 12.9. The second-order valence-corrected chi connectivity index (χ2v) is 6.70. The number of fused-ring (bicyclic) bond motifs is 3. The average Bonchev–Trinajstić information content (AvgIpc) is 3.13. The van der Waals surface area contributed by atoms with Crippen molar-refractivity contribution >= 4 is 23.2 Å². The van der Waals surface area contributed by atoms with Gasteiger partial charge in [0.15, 0.2) is 0 Å². The van der Waals surface area contributed by atoms with E-state index in [-0.39, 0.29) is 23.7 Å². The summed E-state index contributed by atoms with van der Waals surface area (Å²) in [7, 11) is 0. The molecule has 0 spiro atoms. The molecule has 26 heavy (non-hydrogen) atoms. The molecule has 0 aliphatic carbocycles. The molecule has 2 heterocycles. The van der Waals surface area contributed by atoms with Gasteiger partial charge in [0.05, 0.1) is 11.4 Å². The van der Waals surface area contributed by atoms with E-state index < -0.39 is 0 Å². The monoisotopic (exact) mass is 353 g/mol. The number of nitrogens with one attached hydrogen (secondary N) is 2. The third-order valence-electron chi connectivity index (χ3n) is 4.99. The van der Waals surface area contributed by atoms with E-state index in [1.807, 2.05) is 6.07 Å². The number of amides is 2. The minimum Gasteiger partial charge on any atom is -0.358 e. The van der Waals surface area contributed by atoms with Crippen LogP contribution in [0.15, 0.2) is 42.5 Å². The van der Waals surface area contributed by atoms with E-state index in [1.54, 1.807) is 24.3 Å². The van der Waals surface area contributed by atoms with E-state index in [4.69, 9.17) is 0 Å². The summed E-state index contributed by atoms with van der Waals surface area (Å²) in [5.74, 6) is -0.453. The zero-order valence-corrected chi connectivity index (χ0v) is 14.3. The Balaban J connectivity index is 1.41. The summed E-state index contributed by atoms with van der Waals surface area (Å²) in [6, 6.07) is 11.6. The van der Waals surface area contributed by atoms with Gasteiger partial charge in [-0.3, -0.25) is 9.59 Å². The molecule has 1 saturated heterocycles. The first-order valence-corrected chi connectivity index (χ1v) is 8.86. The van der Waals surface area contributed by atoms with Crippen LogP contribution in [0.25, 0.3) is 0 Å². The van der Waals surface area contributed by atoms with Gasteiger partial charge in [-0.05, 0) is 55.2 Å². The second kappa shape index (κ2) is 6.78. The first kappa shape index (κ1) is 16.6. The van der Waals surface area contributed by atoms with Crippen LogP contribution in [0.2, 0.25) is 0 Å². The van der Waals surface area contributed by atoms with E-state index in [0.717, 1.165) is 30.6 Å². The first-order chi connectivity index (χ1) is 12.6. The maximum absolute atomic E-state index is 12.9. The van der Waals surface area contributed by atoms with Gasteiger partial charge in [0.1, 0.15) is 11.9 Å². The van der Waals surface area contributed by atoms with Crippen molar-refractivity contribution in [3.63, 3.8) is 0 Å². The fourth-order valence-electron chi connectivity index (χ4n) is 3.65. The molecule has 0 bridgehead atoms. The van der Waals surface area contributed by atoms with Crippen LogP contribution in [-0.4, -0.2) is 30.9 Å². The Kier molecular flexibility index (Phi) is 4.32. The van der Waals surface area contributed by atoms with Gasteiger partial charge in [0.2, 0.25) is 5.91 Å². The van der Waals surface area contributed by atoms with Crippen LogP contribution in [0.1, 0.15) is 28.8 Å². The molecule has 5 nitrogen and oxygen atoms in total. The molecule has 0 radical (unpaired) electrons. The van der Waals surface area contributed by atoms with E-state index in [9.17, 15) is 14.0 Å². The van der Waals surface area contributed by atoms with Gasteiger partial charge in [-0.15, -0.1) is 0 Å². The minimum absolute atomic E-state index is 0.00358. The van der Waals surface area contributed by atoms with Crippen LogP contribution >= 0.6 is 0 Å². The van der Waals surface area contributed by atoms with Gasteiger partial charge in [0, 0.05) is 18.7 Å². The number of hydrogen-bond donors (Lipinski definition) is 2. The molecular formula is C20H20FN3O2. The topological polar surface area (TPSA) is 61.4 Å². The summed E-state index contributed by atoms with van der Waals surface area (Å²) < 4.78 is 12.9. The molecule has 2 N–H and O–H groups in total. The summed E-state index contributed by atoms with van der Waals surface area (Å²) >= 11 is 0. The van der Waals surface area contributed by atoms with Crippen molar-refractivity contribution in [2.24, 2.45) is 0 Å². The number of halogens is 1. The number of carbonyl (C=O) groups is 2. The first-order valence-electron chi connectivity index (χ1n) is 8.86. The molecule has 2 aromatic rings. The molecule has 6 heteroatoms. The van der Waals surface area contributed by atoms with Crippen molar-refractivity contribution in [3.8, 4) is 0 Å². The predicted molar refractivity (Wildman–Crippen MR) is 97.9 cm³/mol. The van der Waals surface area contributed by atoms with Crippen LogP contribution < -0.4 is 15.5 Å². The van der Waals surface area contributed by atoms with E-state index in [0.29, 0.717) is 24.2 Å². The molecule has 2 aliphatic rings. The Morgan fingerprint density at radius 1 is 1.23 bits per heavy atom. The highest BCUT2D eigenvalue weighted by molar-refractivity contribution is 6.06. The molecule has 2 aliphatic heterocycles. The number of benzene rings is 2. The van der Waals surface area contributed by atoms with Crippen molar-refractivity contribution < 1.29 is 14.0 Å². The highest BCUT2D eigenvalue weighted by Crippen LogP contribution is 2.37. The number of rotatable bonds is 4. The SMILES string of the molecule is O=C(NCCc1ccc(F)cc1)c1ccc2c(c1)NC(=O)[C@@H]1CCCN21. The Hall–Kier alpha value is -2.89. The molecule has 1 fully saturated rings. The standard InChI is InChI=1S/C20H20FN3O2/c21-15-6-3-13(4-7-15)9-10-22-19(25)14-5-8-17-16(12-14)23-20(26)18-2-1-11-24(17)18/h3-8,12,18H,1-2,9-11H2,(H,22,25)(H,23,26)/t18-/m0/s1. The smallest absolute Gasteiger partial charge is 0.251 e. The van der Waals surface area contributed by atoms with Gasteiger partial charge in [-0.2, -0.15) is 0 Å².